The Hall–Kier alpha value is -3.48. The summed E-state index contributed by atoms with van der Waals surface area (Å²) in [6.07, 6.45) is 1.55. The molecule has 1 N–H and O–H groups in total. The van der Waals surface area contributed by atoms with Crippen LogP contribution >= 0.6 is 0 Å². The number of anilines is 1. The number of fused-ring (bicyclic) bond motifs is 1. The molecule has 0 radical (unpaired) electrons. The van der Waals surface area contributed by atoms with Crippen LogP contribution in [0.25, 0.3) is 10.8 Å². The lowest BCUT2D eigenvalue weighted by atomic mass is 10.2. The highest BCUT2D eigenvalue weighted by atomic mass is 16.5. The second kappa shape index (κ2) is 6.96. The first-order valence-electron chi connectivity index (χ1n) is 7.51. The molecule has 3 rings (SSSR count). The molecule has 0 atom stereocenters. The van der Waals surface area contributed by atoms with Crippen molar-refractivity contribution in [2.75, 3.05) is 12.4 Å². The first-order chi connectivity index (χ1) is 12.1. The van der Waals surface area contributed by atoms with Crippen LogP contribution in [0.4, 0.5) is 5.69 Å². The molecule has 0 spiro atoms. The summed E-state index contributed by atoms with van der Waals surface area (Å²) in [6, 6.07) is 13.3. The van der Waals surface area contributed by atoms with E-state index in [2.05, 4.69) is 15.2 Å². The van der Waals surface area contributed by atoms with Crippen LogP contribution in [0.5, 0.6) is 0 Å². The van der Waals surface area contributed by atoms with Gasteiger partial charge in [0.1, 0.15) is 6.54 Å². The molecular formula is C18H15N3O4. The number of hydrogen-bond acceptors (Lipinski definition) is 5. The molecule has 7 nitrogen and oxygen atoms in total. The highest BCUT2D eigenvalue weighted by molar-refractivity contribution is 5.93. The van der Waals surface area contributed by atoms with Gasteiger partial charge in [-0.15, -0.1) is 0 Å². The van der Waals surface area contributed by atoms with Crippen molar-refractivity contribution in [2.45, 2.75) is 6.54 Å². The van der Waals surface area contributed by atoms with Crippen LogP contribution in [0, 0.1) is 0 Å². The minimum Gasteiger partial charge on any atom is -0.465 e. The number of benzene rings is 2. The van der Waals surface area contributed by atoms with E-state index in [0.29, 0.717) is 16.6 Å². The fraction of sp³-hybridized carbons (Fsp3) is 0.111. The largest absolute Gasteiger partial charge is 0.465 e. The molecule has 0 bridgehead atoms. The topological polar surface area (TPSA) is 90.3 Å². The van der Waals surface area contributed by atoms with E-state index >= 15 is 0 Å². The Balaban J connectivity index is 1.73. The Labute approximate surface area is 142 Å². The predicted molar refractivity (Wildman–Crippen MR) is 92.4 cm³/mol. The third-order valence-electron chi connectivity index (χ3n) is 3.64. The maximum absolute atomic E-state index is 12.3. The highest BCUT2D eigenvalue weighted by Gasteiger charge is 2.10. The molecule has 126 valence electrons. The third-order valence-corrected chi connectivity index (χ3v) is 3.64. The number of hydrogen-bond donors (Lipinski definition) is 1. The normalized spacial score (nSPS) is 10.4. The zero-order valence-corrected chi connectivity index (χ0v) is 13.4. The molecule has 1 amide bonds. The van der Waals surface area contributed by atoms with E-state index in [1.807, 2.05) is 6.07 Å². The van der Waals surface area contributed by atoms with Crippen LogP contribution in [0.1, 0.15) is 10.4 Å². The summed E-state index contributed by atoms with van der Waals surface area (Å²) in [5.74, 6) is -0.847. The standard InChI is InChI=1S/C18H15N3O4/c1-25-18(24)12-6-8-14(9-7-12)20-16(22)11-21-17(23)15-5-3-2-4-13(15)10-19-21/h2-10H,11H2,1H3,(H,20,22). The zero-order valence-electron chi connectivity index (χ0n) is 13.4. The van der Waals surface area contributed by atoms with Crippen LogP contribution < -0.4 is 10.9 Å². The van der Waals surface area contributed by atoms with Crippen LogP contribution in [0.15, 0.2) is 59.5 Å². The van der Waals surface area contributed by atoms with Crippen molar-refractivity contribution >= 4 is 28.3 Å². The van der Waals surface area contributed by atoms with E-state index in [1.165, 1.54) is 7.11 Å². The summed E-state index contributed by atoms with van der Waals surface area (Å²) in [4.78, 5) is 35.9. The number of ether oxygens (including phenoxy) is 1. The fourth-order valence-electron chi connectivity index (χ4n) is 2.38. The average Bonchev–Trinajstić information content (AvgIpc) is 2.64. The number of amides is 1. The molecule has 0 unspecified atom stereocenters. The van der Waals surface area contributed by atoms with Crippen molar-refractivity contribution < 1.29 is 14.3 Å². The minimum atomic E-state index is -0.454. The van der Waals surface area contributed by atoms with Gasteiger partial charge in [0, 0.05) is 11.1 Å². The van der Waals surface area contributed by atoms with Crippen molar-refractivity contribution in [1.29, 1.82) is 0 Å². The number of carbonyl (C=O) groups excluding carboxylic acids is 2. The van der Waals surface area contributed by atoms with Gasteiger partial charge in [-0.2, -0.15) is 5.10 Å². The van der Waals surface area contributed by atoms with Gasteiger partial charge in [0.25, 0.3) is 5.56 Å². The summed E-state index contributed by atoms with van der Waals surface area (Å²) >= 11 is 0. The van der Waals surface area contributed by atoms with Gasteiger partial charge in [0.2, 0.25) is 5.91 Å². The van der Waals surface area contributed by atoms with Crippen molar-refractivity contribution in [3.63, 3.8) is 0 Å². The monoisotopic (exact) mass is 337 g/mol. The number of esters is 1. The van der Waals surface area contributed by atoms with E-state index in [9.17, 15) is 14.4 Å². The summed E-state index contributed by atoms with van der Waals surface area (Å²) in [6.45, 7) is -0.206. The maximum atomic E-state index is 12.3. The van der Waals surface area contributed by atoms with Gasteiger partial charge in [0.05, 0.1) is 24.3 Å². The Morgan fingerprint density at radius 2 is 1.84 bits per heavy atom. The SMILES string of the molecule is COC(=O)c1ccc(NC(=O)Cn2ncc3ccccc3c2=O)cc1. The summed E-state index contributed by atoms with van der Waals surface area (Å²) in [7, 11) is 1.30. The molecule has 0 fully saturated rings. The van der Waals surface area contributed by atoms with Gasteiger partial charge < -0.3 is 10.1 Å². The number of nitrogens with one attached hydrogen (secondary N) is 1. The maximum Gasteiger partial charge on any atom is 0.337 e. The van der Waals surface area contributed by atoms with E-state index < -0.39 is 11.9 Å². The number of nitrogens with zero attached hydrogens (tertiary/aromatic N) is 2. The average molecular weight is 337 g/mol. The molecule has 2 aromatic carbocycles. The Kier molecular flexibility index (Phi) is 4.56. The molecule has 25 heavy (non-hydrogen) atoms. The number of aromatic nitrogens is 2. The molecule has 1 heterocycles. The van der Waals surface area contributed by atoms with Gasteiger partial charge in [-0.25, -0.2) is 9.48 Å². The van der Waals surface area contributed by atoms with Gasteiger partial charge >= 0.3 is 5.97 Å². The van der Waals surface area contributed by atoms with E-state index in [1.54, 1.807) is 48.7 Å². The van der Waals surface area contributed by atoms with Crippen LogP contribution in [-0.4, -0.2) is 28.8 Å². The second-order valence-corrected chi connectivity index (χ2v) is 5.31. The molecule has 0 saturated heterocycles. The van der Waals surface area contributed by atoms with Gasteiger partial charge in [0.15, 0.2) is 0 Å². The van der Waals surface area contributed by atoms with Crippen LogP contribution in [0.2, 0.25) is 0 Å². The Morgan fingerprint density at radius 3 is 2.56 bits per heavy atom. The van der Waals surface area contributed by atoms with Crippen molar-refractivity contribution in [2.24, 2.45) is 0 Å². The van der Waals surface area contributed by atoms with E-state index in [4.69, 9.17) is 0 Å². The minimum absolute atomic E-state index is 0.206. The quantitative estimate of drug-likeness (QED) is 0.734. The lowest BCUT2D eigenvalue weighted by molar-refractivity contribution is -0.117. The number of methoxy groups -OCH3 is 1. The summed E-state index contributed by atoms with van der Waals surface area (Å²) in [5, 5.41) is 7.91. The Morgan fingerprint density at radius 1 is 1.12 bits per heavy atom. The van der Waals surface area contributed by atoms with Gasteiger partial charge in [-0.1, -0.05) is 18.2 Å². The molecule has 1 aromatic heterocycles. The smallest absolute Gasteiger partial charge is 0.337 e. The van der Waals surface area contributed by atoms with E-state index in [-0.39, 0.29) is 12.1 Å². The summed E-state index contributed by atoms with van der Waals surface area (Å²) in [5.41, 5.74) is 0.564. The molecule has 0 aliphatic heterocycles. The number of carbonyl (C=O) groups is 2. The van der Waals surface area contributed by atoms with E-state index in [0.717, 1.165) is 10.1 Å². The second-order valence-electron chi connectivity index (χ2n) is 5.31. The zero-order chi connectivity index (χ0) is 17.8. The first-order valence-corrected chi connectivity index (χ1v) is 7.51. The van der Waals surface area contributed by atoms with Gasteiger partial charge in [-0.3, -0.25) is 9.59 Å². The first kappa shape index (κ1) is 16.4. The lowest BCUT2D eigenvalue weighted by Crippen LogP contribution is -2.29. The third kappa shape index (κ3) is 3.55. The highest BCUT2D eigenvalue weighted by Crippen LogP contribution is 2.11. The van der Waals surface area contributed by atoms with Crippen LogP contribution in [0.3, 0.4) is 0 Å². The molecule has 0 saturated carbocycles. The van der Waals surface area contributed by atoms with Crippen LogP contribution in [-0.2, 0) is 16.1 Å². The molecular weight excluding hydrogens is 322 g/mol. The van der Waals surface area contributed by atoms with Crippen molar-refractivity contribution in [3.8, 4) is 0 Å². The predicted octanol–water partition coefficient (Wildman–Crippen LogP) is 1.82. The van der Waals surface area contributed by atoms with Crippen molar-refractivity contribution in [3.05, 3.63) is 70.6 Å². The summed E-state index contributed by atoms with van der Waals surface area (Å²) < 4.78 is 5.72. The molecule has 0 aliphatic rings. The lowest BCUT2D eigenvalue weighted by Gasteiger charge is -2.08. The fourth-order valence-corrected chi connectivity index (χ4v) is 2.38. The molecule has 3 aromatic rings. The molecule has 0 aliphatic carbocycles. The van der Waals surface area contributed by atoms with Gasteiger partial charge in [-0.05, 0) is 30.3 Å². The molecule has 7 heteroatoms. The van der Waals surface area contributed by atoms with Crippen molar-refractivity contribution in [1.82, 2.24) is 9.78 Å². The Bertz CT molecular complexity index is 993. The number of rotatable bonds is 4.